The second kappa shape index (κ2) is 8.28. The van der Waals surface area contributed by atoms with Crippen LogP contribution in [0.15, 0.2) is 0 Å². The first-order chi connectivity index (χ1) is 6.99. The molecule has 0 fully saturated rings. The third kappa shape index (κ3) is 10.4. The Bertz CT molecular complexity index is 144. The second-order valence-corrected chi connectivity index (χ2v) is 4.84. The van der Waals surface area contributed by atoms with Crippen LogP contribution in [0.3, 0.4) is 0 Å². The van der Waals surface area contributed by atoms with Gasteiger partial charge in [0.05, 0.1) is 29.8 Å². The summed E-state index contributed by atoms with van der Waals surface area (Å²) in [5, 5.41) is 0. The molecule has 0 spiro atoms. The van der Waals surface area contributed by atoms with Gasteiger partial charge in [0, 0.05) is 33.9 Å². The van der Waals surface area contributed by atoms with Gasteiger partial charge in [0.15, 0.2) is 0 Å². The molecular formula is C8H21NO5S. The normalized spacial score (nSPS) is 13.5. The Hall–Kier alpha value is 0.110. The highest BCUT2D eigenvalue weighted by Crippen LogP contribution is 2.31. The van der Waals surface area contributed by atoms with E-state index < -0.39 is 10.9 Å². The van der Waals surface area contributed by atoms with Gasteiger partial charge in [-0.05, 0) is 0 Å². The second-order valence-electron chi connectivity index (χ2n) is 3.16. The molecule has 0 amide bonds. The summed E-state index contributed by atoms with van der Waals surface area (Å²) in [6.07, 6.45) is 0. The van der Waals surface area contributed by atoms with Gasteiger partial charge in [-0.15, -0.1) is 0 Å². The van der Waals surface area contributed by atoms with E-state index in [2.05, 4.69) is 0 Å². The Morgan fingerprint density at radius 2 is 1.40 bits per heavy atom. The zero-order valence-electron chi connectivity index (χ0n) is 9.26. The maximum absolute atomic E-state index is 8.82. The molecule has 15 heavy (non-hydrogen) atoms. The Morgan fingerprint density at radius 1 is 0.933 bits per heavy atom. The van der Waals surface area contributed by atoms with Crippen molar-refractivity contribution >= 4 is 10.9 Å². The zero-order chi connectivity index (χ0) is 11.7. The van der Waals surface area contributed by atoms with Crippen molar-refractivity contribution in [3.8, 4) is 0 Å². The van der Waals surface area contributed by atoms with Gasteiger partial charge in [0.25, 0.3) is 0 Å². The van der Waals surface area contributed by atoms with Crippen molar-refractivity contribution in [2.75, 3.05) is 52.8 Å². The van der Waals surface area contributed by atoms with Gasteiger partial charge in [-0.3, -0.25) is 4.90 Å². The molecule has 0 aliphatic rings. The van der Waals surface area contributed by atoms with Gasteiger partial charge >= 0.3 is 0 Å². The lowest BCUT2D eigenvalue weighted by atomic mass is 10.5. The molecule has 0 rings (SSSR count). The predicted octanol–water partition coefficient (Wildman–Crippen LogP) is 0.805. The minimum atomic E-state index is -3.39. The molecule has 0 saturated heterocycles. The summed E-state index contributed by atoms with van der Waals surface area (Å²) in [6, 6.07) is 0. The topological polar surface area (TPSA) is 82.4 Å². The van der Waals surface area contributed by atoms with Crippen LogP contribution in [0, 0.1) is 0 Å². The van der Waals surface area contributed by atoms with E-state index in [1.807, 2.05) is 4.90 Å². The fourth-order valence-electron chi connectivity index (χ4n) is 1.03. The van der Waals surface area contributed by atoms with Crippen LogP contribution in [0.5, 0.6) is 0 Å². The van der Waals surface area contributed by atoms with Crippen molar-refractivity contribution in [2.45, 2.75) is 0 Å². The monoisotopic (exact) mass is 243 g/mol. The quantitative estimate of drug-likeness (QED) is 0.556. The highest BCUT2D eigenvalue weighted by atomic mass is 32.3. The van der Waals surface area contributed by atoms with Crippen LogP contribution in [0.2, 0.25) is 0 Å². The molecule has 0 radical (unpaired) electrons. The summed E-state index contributed by atoms with van der Waals surface area (Å²) in [6.45, 7) is 2.89. The van der Waals surface area contributed by atoms with Gasteiger partial charge in [-0.1, -0.05) is 0 Å². The number of methoxy groups -OCH3 is 2. The van der Waals surface area contributed by atoms with Crippen LogP contribution in [0.1, 0.15) is 0 Å². The Labute approximate surface area is 92.3 Å². The summed E-state index contributed by atoms with van der Waals surface area (Å²) in [7, 11) is -0.182. The van der Waals surface area contributed by atoms with E-state index in [-0.39, 0.29) is 5.75 Å². The predicted molar refractivity (Wildman–Crippen MR) is 60.5 cm³/mol. The lowest BCUT2D eigenvalue weighted by molar-refractivity contribution is 0.117. The Kier molecular flexibility index (Phi) is 8.34. The van der Waals surface area contributed by atoms with Crippen molar-refractivity contribution < 1.29 is 23.1 Å². The molecule has 0 aliphatic heterocycles. The fourth-order valence-corrected chi connectivity index (χ4v) is 1.53. The van der Waals surface area contributed by atoms with E-state index in [1.54, 1.807) is 14.2 Å². The molecule has 0 aromatic heterocycles. The van der Waals surface area contributed by atoms with Crippen molar-refractivity contribution in [1.29, 1.82) is 0 Å². The first-order valence-corrected chi connectivity index (χ1v) is 6.35. The van der Waals surface area contributed by atoms with Crippen LogP contribution in [0.4, 0.5) is 0 Å². The van der Waals surface area contributed by atoms with E-state index in [0.717, 1.165) is 0 Å². The molecule has 0 bridgehead atoms. The molecule has 94 valence electrons. The average Bonchev–Trinajstić information content (AvgIpc) is 2.15. The maximum atomic E-state index is 8.82. The molecular weight excluding hydrogens is 222 g/mol. The van der Waals surface area contributed by atoms with Gasteiger partial charge in [0.1, 0.15) is 0 Å². The number of ether oxygens (including phenoxy) is 2. The molecule has 0 heterocycles. The van der Waals surface area contributed by atoms with Crippen LogP contribution in [-0.4, -0.2) is 71.4 Å². The largest absolute Gasteiger partial charge is 0.383 e. The summed E-state index contributed by atoms with van der Waals surface area (Å²) < 4.78 is 36.3. The van der Waals surface area contributed by atoms with Crippen LogP contribution >= 0.6 is 10.9 Å². The van der Waals surface area contributed by atoms with Crippen molar-refractivity contribution in [3.05, 3.63) is 0 Å². The number of rotatable bonds is 9. The Balaban J connectivity index is 3.78. The Morgan fingerprint density at radius 3 is 1.73 bits per heavy atom. The van der Waals surface area contributed by atoms with E-state index in [1.165, 1.54) is 0 Å². The number of hydrogen-bond acceptors (Lipinski definition) is 6. The lowest BCUT2D eigenvalue weighted by Crippen LogP contribution is -2.34. The minimum absolute atomic E-state index is 0.0412. The standard InChI is InChI=1S/C8H21NO5S/c1-13-6-3-9(4-7-14-2)5-8-15(10,11)12/h10-12H,3-8H2,1-2H3. The van der Waals surface area contributed by atoms with E-state index in [0.29, 0.717) is 32.8 Å². The summed E-state index contributed by atoms with van der Waals surface area (Å²) in [5.74, 6) is -0.0412. The molecule has 0 aliphatic carbocycles. The van der Waals surface area contributed by atoms with Crippen molar-refractivity contribution in [1.82, 2.24) is 4.90 Å². The minimum Gasteiger partial charge on any atom is -0.383 e. The van der Waals surface area contributed by atoms with Crippen LogP contribution in [-0.2, 0) is 9.47 Å². The van der Waals surface area contributed by atoms with Crippen LogP contribution in [0.25, 0.3) is 0 Å². The first-order valence-electron chi connectivity index (χ1n) is 4.68. The molecule has 3 N–H and O–H groups in total. The molecule has 0 saturated carbocycles. The number of hydrogen-bond donors (Lipinski definition) is 3. The van der Waals surface area contributed by atoms with Gasteiger partial charge in [-0.25, -0.2) is 0 Å². The third-order valence-corrected chi connectivity index (χ3v) is 2.63. The van der Waals surface area contributed by atoms with Crippen LogP contribution < -0.4 is 0 Å². The molecule has 0 atom stereocenters. The average molecular weight is 243 g/mol. The highest BCUT2D eigenvalue weighted by molar-refractivity contribution is 8.19. The smallest absolute Gasteiger partial charge is 0.0823 e. The number of nitrogens with zero attached hydrogens (tertiary/aromatic N) is 1. The lowest BCUT2D eigenvalue weighted by Gasteiger charge is -2.25. The SMILES string of the molecule is COCCN(CCOC)CCS(O)(O)O. The molecule has 7 heteroatoms. The molecule has 6 nitrogen and oxygen atoms in total. The molecule has 0 aromatic carbocycles. The molecule has 0 unspecified atom stereocenters. The maximum Gasteiger partial charge on any atom is 0.0823 e. The van der Waals surface area contributed by atoms with E-state index in [4.69, 9.17) is 23.1 Å². The van der Waals surface area contributed by atoms with Gasteiger partial charge < -0.3 is 23.1 Å². The summed E-state index contributed by atoms with van der Waals surface area (Å²) >= 11 is 0. The zero-order valence-corrected chi connectivity index (χ0v) is 10.1. The highest BCUT2D eigenvalue weighted by Gasteiger charge is 2.14. The third-order valence-electron chi connectivity index (χ3n) is 1.90. The van der Waals surface area contributed by atoms with E-state index in [9.17, 15) is 0 Å². The molecule has 0 aromatic rings. The van der Waals surface area contributed by atoms with Crippen molar-refractivity contribution in [3.63, 3.8) is 0 Å². The van der Waals surface area contributed by atoms with Gasteiger partial charge in [-0.2, -0.15) is 0 Å². The first kappa shape index (κ1) is 15.1. The summed E-state index contributed by atoms with van der Waals surface area (Å²) in [4.78, 5) is 1.94. The van der Waals surface area contributed by atoms with E-state index >= 15 is 0 Å². The van der Waals surface area contributed by atoms with Crippen molar-refractivity contribution in [2.24, 2.45) is 0 Å². The summed E-state index contributed by atoms with van der Waals surface area (Å²) in [5.41, 5.74) is 0. The van der Waals surface area contributed by atoms with Gasteiger partial charge in [0.2, 0.25) is 0 Å². The fraction of sp³-hybridized carbons (Fsp3) is 1.00.